The van der Waals surface area contributed by atoms with E-state index in [1.165, 1.54) is 25.6 Å². The molecule has 0 radical (unpaired) electrons. The summed E-state index contributed by atoms with van der Waals surface area (Å²) in [7, 11) is 3.04. The molecule has 118 valence electrons. The molecule has 1 heterocycles. The minimum Gasteiger partial charge on any atom is -0.496 e. The number of methoxy groups -OCH3 is 2. The Morgan fingerprint density at radius 2 is 1.77 bits per heavy atom. The van der Waals surface area contributed by atoms with Gasteiger partial charge in [0.2, 0.25) is 0 Å². The maximum absolute atomic E-state index is 12.5. The number of rotatable bonds is 4. The van der Waals surface area contributed by atoms with Crippen LogP contribution in [0.3, 0.4) is 0 Å². The van der Waals surface area contributed by atoms with Crippen LogP contribution in [0.15, 0.2) is 23.6 Å². The van der Waals surface area contributed by atoms with Gasteiger partial charge in [-0.15, -0.1) is 11.3 Å². The van der Waals surface area contributed by atoms with Crippen molar-refractivity contribution in [1.82, 2.24) is 4.98 Å². The number of aromatic nitrogens is 1. The van der Waals surface area contributed by atoms with Crippen molar-refractivity contribution in [3.63, 3.8) is 0 Å². The molecule has 1 aromatic carbocycles. The molecule has 2 rings (SSSR count). The molecule has 0 spiro atoms. The molecule has 0 aliphatic heterocycles. The van der Waals surface area contributed by atoms with Crippen molar-refractivity contribution in [2.24, 2.45) is 0 Å². The van der Waals surface area contributed by atoms with Crippen LogP contribution in [0, 0.1) is 0 Å². The molecule has 22 heavy (non-hydrogen) atoms. The SMILES string of the molecule is COc1cccc(OC)c1C(=O)Nc1nc(C(C)(C)C)cs1. The van der Waals surface area contributed by atoms with Crippen molar-refractivity contribution in [3.8, 4) is 11.5 Å². The van der Waals surface area contributed by atoms with Gasteiger partial charge in [-0.2, -0.15) is 0 Å². The molecular formula is C16H20N2O3S. The number of thiazole rings is 1. The zero-order valence-electron chi connectivity index (χ0n) is 13.4. The predicted octanol–water partition coefficient (Wildman–Crippen LogP) is 3.71. The molecule has 0 fully saturated rings. The number of hydrogen-bond donors (Lipinski definition) is 1. The summed E-state index contributed by atoms with van der Waals surface area (Å²) < 4.78 is 10.5. The fraction of sp³-hybridized carbons (Fsp3) is 0.375. The number of carbonyl (C=O) groups is 1. The van der Waals surface area contributed by atoms with Gasteiger partial charge in [0.1, 0.15) is 17.1 Å². The summed E-state index contributed by atoms with van der Waals surface area (Å²) in [6, 6.07) is 5.22. The molecule has 0 unspecified atom stereocenters. The van der Waals surface area contributed by atoms with E-state index in [2.05, 4.69) is 31.1 Å². The van der Waals surface area contributed by atoms with Crippen molar-refractivity contribution in [2.75, 3.05) is 19.5 Å². The third kappa shape index (κ3) is 3.39. The second-order valence-corrected chi connectivity index (χ2v) is 6.64. The molecule has 0 aliphatic carbocycles. The van der Waals surface area contributed by atoms with Gasteiger partial charge in [-0.1, -0.05) is 26.8 Å². The van der Waals surface area contributed by atoms with Crippen LogP contribution in [0.25, 0.3) is 0 Å². The summed E-state index contributed by atoms with van der Waals surface area (Å²) in [5, 5.41) is 5.32. The molecule has 5 nitrogen and oxygen atoms in total. The molecule has 0 atom stereocenters. The number of amides is 1. The molecule has 2 aromatic rings. The van der Waals surface area contributed by atoms with E-state index in [0.29, 0.717) is 22.2 Å². The summed E-state index contributed by atoms with van der Waals surface area (Å²) in [4.78, 5) is 17.0. The molecule has 1 aromatic heterocycles. The Balaban J connectivity index is 2.28. The number of benzene rings is 1. The zero-order chi connectivity index (χ0) is 16.3. The summed E-state index contributed by atoms with van der Waals surface area (Å²) in [5.41, 5.74) is 1.25. The fourth-order valence-electron chi connectivity index (χ4n) is 1.91. The van der Waals surface area contributed by atoms with Gasteiger partial charge in [-0.3, -0.25) is 10.1 Å². The van der Waals surface area contributed by atoms with Crippen LogP contribution in [0.2, 0.25) is 0 Å². The van der Waals surface area contributed by atoms with Crippen LogP contribution in [0.5, 0.6) is 11.5 Å². The molecular weight excluding hydrogens is 300 g/mol. The van der Waals surface area contributed by atoms with E-state index in [9.17, 15) is 4.79 Å². The lowest BCUT2D eigenvalue weighted by Gasteiger charge is -2.14. The van der Waals surface area contributed by atoms with E-state index in [-0.39, 0.29) is 11.3 Å². The Bertz CT molecular complexity index is 652. The van der Waals surface area contributed by atoms with E-state index in [1.54, 1.807) is 18.2 Å². The normalized spacial score (nSPS) is 11.1. The molecule has 1 N–H and O–H groups in total. The lowest BCUT2D eigenvalue weighted by Crippen LogP contribution is -2.15. The van der Waals surface area contributed by atoms with Gasteiger partial charge in [-0.05, 0) is 12.1 Å². The first-order valence-electron chi connectivity index (χ1n) is 6.85. The van der Waals surface area contributed by atoms with Crippen LogP contribution in [-0.4, -0.2) is 25.1 Å². The standard InChI is InChI=1S/C16H20N2O3S/c1-16(2,3)12-9-22-15(17-12)18-14(19)13-10(20-4)7-6-8-11(13)21-5/h6-9H,1-5H3,(H,17,18,19). The molecule has 0 saturated carbocycles. The first kappa shape index (κ1) is 16.3. The van der Waals surface area contributed by atoms with Crippen LogP contribution in [0.4, 0.5) is 5.13 Å². The number of hydrogen-bond acceptors (Lipinski definition) is 5. The average Bonchev–Trinajstić information content (AvgIpc) is 2.94. The second kappa shape index (κ2) is 6.36. The van der Waals surface area contributed by atoms with Crippen molar-refractivity contribution < 1.29 is 14.3 Å². The van der Waals surface area contributed by atoms with Crippen molar-refractivity contribution >= 4 is 22.4 Å². The number of nitrogens with one attached hydrogen (secondary N) is 1. The molecule has 0 aliphatic rings. The first-order chi connectivity index (χ1) is 10.4. The van der Waals surface area contributed by atoms with E-state index in [4.69, 9.17) is 9.47 Å². The monoisotopic (exact) mass is 320 g/mol. The number of ether oxygens (including phenoxy) is 2. The number of nitrogens with zero attached hydrogens (tertiary/aromatic N) is 1. The molecule has 1 amide bonds. The smallest absolute Gasteiger partial charge is 0.265 e. The zero-order valence-corrected chi connectivity index (χ0v) is 14.2. The van der Waals surface area contributed by atoms with Crippen LogP contribution < -0.4 is 14.8 Å². The highest BCUT2D eigenvalue weighted by atomic mass is 32.1. The van der Waals surface area contributed by atoms with Gasteiger partial charge in [0, 0.05) is 10.8 Å². The van der Waals surface area contributed by atoms with Gasteiger partial charge in [0.05, 0.1) is 19.9 Å². The molecule has 0 bridgehead atoms. The Morgan fingerprint density at radius 1 is 1.18 bits per heavy atom. The van der Waals surface area contributed by atoms with Crippen LogP contribution in [-0.2, 0) is 5.41 Å². The van der Waals surface area contributed by atoms with E-state index >= 15 is 0 Å². The first-order valence-corrected chi connectivity index (χ1v) is 7.73. The number of anilines is 1. The van der Waals surface area contributed by atoms with Gasteiger partial charge in [0.25, 0.3) is 5.91 Å². The van der Waals surface area contributed by atoms with Crippen LogP contribution >= 0.6 is 11.3 Å². The highest BCUT2D eigenvalue weighted by molar-refractivity contribution is 7.14. The van der Waals surface area contributed by atoms with Gasteiger partial charge < -0.3 is 9.47 Å². The number of carbonyl (C=O) groups excluding carboxylic acids is 1. The minimum atomic E-state index is -0.302. The third-order valence-electron chi connectivity index (χ3n) is 3.15. The second-order valence-electron chi connectivity index (χ2n) is 5.78. The Morgan fingerprint density at radius 3 is 2.23 bits per heavy atom. The summed E-state index contributed by atoms with van der Waals surface area (Å²) in [6.07, 6.45) is 0. The molecule has 6 heteroatoms. The average molecular weight is 320 g/mol. The minimum absolute atomic E-state index is 0.0540. The van der Waals surface area contributed by atoms with Gasteiger partial charge >= 0.3 is 0 Å². The van der Waals surface area contributed by atoms with Crippen molar-refractivity contribution in [1.29, 1.82) is 0 Å². The maximum atomic E-state index is 12.5. The van der Waals surface area contributed by atoms with Crippen molar-refractivity contribution in [2.45, 2.75) is 26.2 Å². The Labute approximate surface area is 134 Å². The van der Waals surface area contributed by atoms with E-state index < -0.39 is 0 Å². The largest absolute Gasteiger partial charge is 0.496 e. The van der Waals surface area contributed by atoms with Crippen LogP contribution in [0.1, 0.15) is 36.8 Å². The summed E-state index contributed by atoms with van der Waals surface area (Å²) in [5.74, 6) is 0.623. The lowest BCUT2D eigenvalue weighted by molar-refractivity contribution is 0.102. The highest BCUT2D eigenvalue weighted by Gasteiger charge is 2.21. The molecule has 0 saturated heterocycles. The lowest BCUT2D eigenvalue weighted by atomic mass is 9.93. The summed E-state index contributed by atoms with van der Waals surface area (Å²) in [6.45, 7) is 6.24. The topological polar surface area (TPSA) is 60.5 Å². The maximum Gasteiger partial charge on any atom is 0.265 e. The van der Waals surface area contributed by atoms with E-state index in [1.807, 2.05) is 5.38 Å². The van der Waals surface area contributed by atoms with Crippen molar-refractivity contribution in [3.05, 3.63) is 34.8 Å². The Kier molecular flexibility index (Phi) is 4.71. The fourth-order valence-corrected chi connectivity index (χ4v) is 2.84. The predicted molar refractivity (Wildman–Crippen MR) is 88.3 cm³/mol. The van der Waals surface area contributed by atoms with E-state index in [0.717, 1.165) is 5.69 Å². The van der Waals surface area contributed by atoms with Gasteiger partial charge in [-0.25, -0.2) is 4.98 Å². The third-order valence-corrected chi connectivity index (χ3v) is 3.91. The summed E-state index contributed by atoms with van der Waals surface area (Å²) >= 11 is 1.40. The quantitative estimate of drug-likeness (QED) is 0.933. The Hall–Kier alpha value is -2.08. The highest BCUT2D eigenvalue weighted by Crippen LogP contribution is 2.30. The van der Waals surface area contributed by atoms with Gasteiger partial charge in [0.15, 0.2) is 5.13 Å².